The van der Waals surface area contributed by atoms with E-state index in [1.807, 2.05) is 24.3 Å². The summed E-state index contributed by atoms with van der Waals surface area (Å²) in [5.41, 5.74) is 7.77. The third-order valence-electron chi connectivity index (χ3n) is 5.58. The number of nitrogens with one attached hydrogen (secondary N) is 1. The van der Waals surface area contributed by atoms with Crippen LogP contribution in [0.3, 0.4) is 0 Å². The van der Waals surface area contributed by atoms with Gasteiger partial charge in [-0.15, -0.1) is 0 Å². The molecule has 7 heteroatoms. The second-order valence-corrected chi connectivity index (χ2v) is 8.97. The number of carbonyl (C=O) groups excluding carboxylic acids is 1. The number of halogens is 2. The first-order valence-electron chi connectivity index (χ1n) is 11.2. The molecule has 0 radical (unpaired) electrons. The van der Waals surface area contributed by atoms with Crippen molar-refractivity contribution in [1.29, 1.82) is 0 Å². The van der Waals surface area contributed by atoms with Crippen molar-refractivity contribution in [3.8, 4) is 5.75 Å². The average molecular weight is 489 g/mol. The molecule has 0 aliphatic rings. The van der Waals surface area contributed by atoms with Crippen LogP contribution in [-0.4, -0.2) is 24.2 Å². The van der Waals surface area contributed by atoms with Gasteiger partial charge in [0.2, 0.25) is 0 Å². The van der Waals surface area contributed by atoms with Gasteiger partial charge in [-0.1, -0.05) is 72.4 Å². The smallest absolute Gasteiger partial charge is 0.308 e. The molecule has 0 saturated heterocycles. The number of aliphatic hydroxyl groups is 1. The summed E-state index contributed by atoms with van der Waals surface area (Å²) in [7, 11) is 0. The minimum atomic E-state index is -0.701. The Hall–Kier alpha value is -2.31. The molecule has 0 fully saturated rings. The average Bonchev–Trinajstić information content (AvgIpc) is 2.79. The van der Waals surface area contributed by atoms with Crippen LogP contribution < -0.4 is 15.8 Å². The van der Waals surface area contributed by atoms with E-state index in [9.17, 15) is 9.90 Å². The molecule has 0 aromatic heterocycles. The SMILES string of the molecule is CC(=O)Oc1c(CCCCCCNCC(O)c2cc(Cl)c(N)c(Cl)c2)ccc2ccccc12. The Morgan fingerprint density at radius 3 is 2.48 bits per heavy atom. The summed E-state index contributed by atoms with van der Waals surface area (Å²) in [4.78, 5) is 11.6. The lowest BCUT2D eigenvalue weighted by atomic mass is 10.0. The van der Waals surface area contributed by atoms with Crippen LogP contribution in [0.2, 0.25) is 10.0 Å². The molecule has 1 atom stereocenters. The van der Waals surface area contributed by atoms with Gasteiger partial charge in [-0.2, -0.15) is 0 Å². The van der Waals surface area contributed by atoms with Crippen LogP contribution in [0.15, 0.2) is 48.5 Å². The number of esters is 1. The molecule has 4 N–H and O–H groups in total. The van der Waals surface area contributed by atoms with Gasteiger partial charge in [0.1, 0.15) is 5.75 Å². The number of benzene rings is 3. The quantitative estimate of drug-likeness (QED) is 0.132. The Morgan fingerprint density at radius 1 is 1.06 bits per heavy atom. The molecule has 0 bridgehead atoms. The number of aryl methyl sites for hydroxylation is 1. The maximum atomic E-state index is 11.6. The van der Waals surface area contributed by atoms with Crippen molar-refractivity contribution in [2.24, 2.45) is 0 Å². The zero-order chi connectivity index (χ0) is 23.8. The Kier molecular flexibility index (Phi) is 9.39. The molecule has 0 amide bonds. The van der Waals surface area contributed by atoms with Crippen LogP contribution in [0.1, 0.15) is 49.8 Å². The highest BCUT2D eigenvalue weighted by molar-refractivity contribution is 6.38. The number of fused-ring (bicyclic) bond motifs is 1. The van der Waals surface area contributed by atoms with Gasteiger partial charge in [-0.3, -0.25) is 4.79 Å². The zero-order valence-electron chi connectivity index (χ0n) is 18.7. The summed E-state index contributed by atoms with van der Waals surface area (Å²) < 4.78 is 5.55. The number of hydrogen-bond acceptors (Lipinski definition) is 5. The predicted octanol–water partition coefficient (Wildman–Crippen LogP) is 6.08. The summed E-state index contributed by atoms with van der Waals surface area (Å²) in [5.74, 6) is 0.378. The van der Waals surface area contributed by atoms with Crippen LogP contribution in [0.4, 0.5) is 5.69 Å². The molecule has 0 saturated carbocycles. The Bertz CT molecular complexity index is 1080. The molecule has 3 rings (SSSR count). The van der Waals surface area contributed by atoms with E-state index in [4.69, 9.17) is 33.7 Å². The summed E-state index contributed by atoms with van der Waals surface area (Å²) in [6.45, 7) is 2.66. The number of carbonyl (C=O) groups is 1. The molecule has 176 valence electrons. The second kappa shape index (κ2) is 12.2. The molecule has 3 aromatic carbocycles. The second-order valence-electron chi connectivity index (χ2n) is 8.15. The van der Waals surface area contributed by atoms with Gasteiger partial charge < -0.3 is 20.9 Å². The van der Waals surface area contributed by atoms with Crippen molar-refractivity contribution in [2.45, 2.75) is 45.1 Å². The molecule has 3 aromatic rings. The van der Waals surface area contributed by atoms with Crippen LogP contribution in [0.5, 0.6) is 5.75 Å². The highest BCUT2D eigenvalue weighted by Gasteiger charge is 2.13. The molecule has 0 aliphatic heterocycles. The van der Waals surface area contributed by atoms with E-state index in [1.165, 1.54) is 6.92 Å². The van der Waals surface area contributed by atoms with Gasteiger partial charge in [0, 0.05) is 18.9 Å². The number of rotatable bonds is 11. The van der Waals surface area contributed by atoms with Gasteiger partial charge in [0.15, 0.2) is 0 Å². The van der Waals surface area contributed by atoms with Crippen molar-refractivity contribution in [3.63, 3.8) is 0 Å². The van der Waals surface area contributed by atoms with Crippen LogP contribution in [0, 0.1) is 0 Å². The van der Waals surface area contributed by atoms with Gasteiger partial charge in [-0.25, -0.2) is 0 Å². The topological polar surface area (TPSA) is 84.6 Å². The first-order valence-corrected chi connectivity index (χ1v) is 11.9. The third kappa shape index (κ3) is 7.08. The maximum absolute atomic E-state index is 11.6. The van der Waals surface area contributed by atoms with E-state index in [2.05, 4.69) is 17.4 Å². The minimum Gasteiger partial charge on any atom is -0.426 e. The lowest BCUT2D eigenvalue weighted by molar-refractivity contribution is -0.131. The van der Waals surface area contributed by atoms with Gasteiger partial charge >= 0.3 is 5.97 Å². The van der Waals surface area contributed by atoms with Gasteiger partial charge in [0.05, 0.1) is 21.8 Å². The molecule has 0 heterocycles. The largest absolute Gasteiger partial charge is 0.426 e. The first kappa shape index (κ1) is 25.3. The summed E-state index contributed by atoms with van der Waals surface area (Å²) >= 11 is 12.1. The Labute approximate surface area is 204 Å². The van der Waals surface area contributed by atoms with E-state index in [-0.39, 0.29) is 5.97 Å². The predicted molar refractivity (Wildman–Crippen MR) is 136 cm³/mol. The van der Waals surface area contributed by atoms with Gasteiger partial charge in [0.25, 0.3) is 0 Å². The molecule has 1 unspecified atom stereocenters. The standard InChI is InChI=1S/C26H30Cl2N2O3/c1-17(31)33-26-19(12-11-18-8-5-6-10-21(18)26)9-4-2-3-7-13-30-16-24(32)20-14-22(27)25(29)23(28)15-20/h5-6,8,10-12,14-15,24,30,32H,2-4,7,9,13,16,29H2,1H3. The fraction of sp³-hybridized carbons (Fsp3) is 0.346. The fourth-order valence-corrected chi connectivity index (χ4v) is 4.33. The number of aliphatic hydroxyl groups excluding tert-OH is 1. The van der Waals surface area contributed by atoms with E-state index in [0.717, 1.165) is 55.0 Å². The van der Waals surface area contributed by atoms with Gasteiger partial charge in [-0.05, 0) is 54.5 Å². The Morgan fingerprint density at radius 2 is 1.76 bits per heavy atom. The van der Waals surface area contributed by atoms with Crippen molar-refractivity contribution in [3.05, 3.63) is 69.7 Å². The fourth-order valence-electron chi connectivity index (χ4n) is 3.82. The highest BCUT2D eigenvalue weighted by Crippen LogP contribution is 2.32. The highest BCUT2D eigenvalue weighted by atomic mass is 35.5. The van der Waals surface area contributed by atoms with Crippen molar-refractivity contribution in [1.82, 2.24) is 5.32 Å². The minimum absolute atomic E-state index is 0.302. The first-order chi connectivity index (χ1) is 15.9. The van der Waals surface area contributed by atoms with Crippen molar-refractivity contribution < 1.29 is 14.6 Å². The van der Waals surface area contributed by atoms with E-state index < -0.39 is 6.10 Å². The molecular formula is C26H30Cl2N2O3. The number of hydrogen-bond donors (Lipinski definition) is 3. The van der Waals surface area contributed by atoms with E-state index >= 15 is 0 Å². The zero-order valence-corrected chi connectivity index (χ0v) is 20.3. The molecule has 0 spiro atoms. The van der Waals surface area contributed by atoms with Crippen LogP contribution >= 0.6 is 23.2 Å². The summed E-state index contributed by atoms with van der Waals surface area (Å²) in [6.07, 6.45) is 4.31. The lowest BCUT2D eigenvalue weighted by Crippen LogP contribution is -2.22. The summed E-state index contributed by atoms with van der Waals surface area (Å²) in [6, 6.07) is 15.4. The van der Waals surface area contributed by atoms with E-state index in [1.54, 1.807) is 12.1 Å². The van der Waals surface area contributed by atoms with Crippen molar-refractivity contribution in [2.75, 3.05) is 18.8 Å². The maximum Gasteiger partial charge on any atom is 0.308 e. The number of nitrogen functional groups attached to an aromatic ring is 1. The van der Waals surface area contributed by atoms with E-state index in [0.29, 0.717) is 33.6 Å². The number of nitrogens with two attached hydrogens (primary N) is 1. The number of anilines is 1. The Balaban J connectivity index is 1.40. The van der Waals surface area contributed by atoms with Crippen LogP contribution in [-0.2, 0) is 11.2 Å². The molecule has 0 aliphatic carbocycles. The third-order valence-corrected chi connectivity index (χ3v) is 6.21. The normalized spacial score (nSPS) is 12.1. The lowest BCUT2D eigenvalue weighted by Gasteiger charge is -2.14. The molecule has 5 nitrogen and oxygen atoms in total. The van der Waals surface area contributed by atoms with Crippen LogP contribution in [0.25, 0.3) is 10.8 Å². The number of unbranched alkanes of at least 4 members (excludes halogenated alkanes) is 3. The molecule has 33 heavy (non-hydrogen) atoms. The molecular weight excluding hydrogens is 459 g/mol. The van der Waals surface area contributed by atoms with Crippen molar-refractivity contribution >= 4 is 45.6 Å². The monoisotopic (exact) mass is 488 g/mol. The summed E-state index contributed by atoms with van der Waals surface area (Å²) in [5, 5.41) is 16.3. The number of ether oxygens (including phenoxy) is 1.